The summed E-state index contributed by atoms with van der Waals surface area (Å²) in [5, 5.41) is 21.2. The lowest BCUT2D eigenvalue weighted by atomic mass is 10.1. The lowest BCUT2D eigenvalue weighted by Crippen LogP contribution is -2.23. The van der Waals surface area contributed by atoms with Crippen LogP contribution in [0.3, 0.4) is 0 Å². The number of carboxylic acid groups (broad SMARTS) is 1. The molecule has 108 valence electrons. The monoisotopic (exact) mass is 397 g/mol. The summed E-state index contributed by atoms with van der Waals surface area (Å²) < 4.78 is 0.837. The van der Waals surface area contributed by atoms with Crippen molar-refractivity contribution >= 4 is 34.5 Å². The van der Waals surface area contributed by atoms with E-state index in [2.05, 4.69) is 27.9 Å². The number of carbonyl (C=O) groups excluding carboxylic acids is 1. The highest BCUT2D eigenvalue weighted by atomic mass is 127. The molecule has 0 unspecified atom stereocenters. The normalized spacial score (nSPS) is 10.1. The molecule has 1 amide bonds. The molecule has 0 spiro atoms. The number of halogens is 1. The zero-order chi connectivity index (χ0) is 15.4. The maximum absolute atomic E-state index is 12.0. The predicted molar refractivity (Wildman–Crippen MR) is 85.4 cm³/mol. The van der Waals surface area contributed by atoms with Gasteiger partial charge in [-0.3, -0.25) is 4.79 Å². The van der Waals surface area contributed by atoms with Gasteiger partial charge in [-0.15, -0.1) is 0 Å². The zero-order valence-electron chi connectivity index (χ0n) is 10.8. The van der Waals surface area contributed by atoms with Gasteiger partial charge in [-0.1, -0.05) is 12.1 Å². The molecule has 5 nitrogen and oxygen atoms in total. The van der Waals surface area contributed by atoms with E-state index in [1.165, 1.54) is 18.2 Å². The van der Waals surface area contributed by atoms with E-state index in [0.29, 0.717) is 5.56 Å². The Balaban J connectivity index is 2.09. The number of amides is 1. The van der Waals surface area contributed by atoms with Crippen molar-refractivity contribution < 1.29 is 19.8 Å². The molecule has 21 heavy (non-hydrogen) atoms. The van der Waals surface area contributed by atoms with Crippen molar-refractivity contribution in [3.05, 3.63) is 62.7 Å². The third-order valence-electron chi connectivity index (χ3n) is 2.83. The molecule has 2 aromatic carbocycles. The first-order chi connectivity index (χ1) is 9.97. The molecule has 0 heterocycles. The van der Waals surface area contributed by atoms with E-state index in [0.717, 1.165) is 3.57 Å². The van der Waals surface area contributed by atoms with E-state index in [-0.39, 0.29) is 23.4 Å². The van der Waals surface area contributed by atoms with Gasteiger partial charge in [0.15, 0.2) is 0 Å². The topological polar surface area (TPSA) is 86.6 Å². The van der Waals surface area contributed by atoms with Crippen LogP contribution in [0, 0.1) is 3.57 Å². The van der Waals surface area contributed by atoms with Crippen LogP contribution in [-0.4, -0.2) is 22.1 Å². The molecule has 0 saturated heterocycles. The Morgan fingerprint density at radius 2 is 1.90 bits per heavy atom. The number of rotatable bonds is 4. The smallest absolute Gasteiger partial charge is 0.335 e. The highest BCUT2D eigenvalue weighted by Gasteiger charge is 2.11. The molecule has 2 rings (SSSR count). The molecule has 0 saturated carbocycles. The Morgan fingerprint density at radius 1 is 1.14 bits per heavy atom. The summed E-state index contributed by atoms with van der Waals surface area (Å²) in [5.74, 6) is -1.52. The van der Waals surface area contributed by atoms with E-state index in [1.807, 2.05) is 0 Å². The van der Waals surface area contributed by atoms with Crippen molar-refractivity contribution in [1.82, 2.24) is 5.32 Å². The van der Waals surface area contributed by atoms with Gasteiger partial charge in [-0.05, 0) is 58.5 Å². The van der Waals surface area contributed by atoms with Gasteiger partial charge in [-0.25, -0.2) is 4.79 Å². The third-order valence-corrected chi connectivity index (χ3v) is 3.50. The van der Waals surface area contributed by atoms with Crippen LogP contribution in [-0.2, 0) is 6.54 Å². The number of hydrogen-bond donors (Lipinski definition) is 3. The average Bonchev–Trinajstić information content (AvgIpc) is 2.47. The Bertz CT molecular complexity index is 700. The Labute approximate surface area is 134 Å². The lowest BCUT2D eigenvalue weighted by molar-refractivity contribution is 0.0696. The highest BCUT2D eigenvalue weighted by Crippen LogP contribution is 2.19. The number of phenols is 1. The third kappa shape index (κ3) is 3.94. The van der Waals surface area contributed by atoms with E-state index < -0.39 is 11.9 Å². The van der Waals surface area contributed by atoms with E-state index in [1.54, 1.807) is 24.3 Å². The van der Waals surface area contributed by atoms with Gasteiger partial charge in [-0.2, -0.15) is 0 Å². The van der Waals surface area contributed by atoms with Gasteiger partial charge < -0.3 is 15.5 Å². The number of nitrogens with one attached hydrogen (secondary N) is 1. The van der Waals surface area contributed by atoms with Gasteiger partial charge in [0.1, 0.15) is 5.75 Å². The largest absolute Gasteiger partial charge is 0.507 e. The van der Waals surface area contributed by atoms with Crippen LogP contribution in [0.25, 0.3) is 0 Å². The average molecular weight is 397 g/mol. The SMILES string of the molecule is O=C(O)c1cccc(CNC(=O)c2cc(I)ccc2O)c1. The molecule has 0 fully saturated rings. The number of phenolic OH excluding ortho intramolecular Hbond substituents is 1. The molecule has 0 aliphatic heterocycles. The van der Waals surface area contributed by atoms with Gasteiger partial charge >= 0.3 is 5.97 Å². The van der Waals surface area contributed by atoms with Crippen LogP contribution in [0.2, 0.25) is 0 Å². The molecule has 0 aliphatic carbocycles. The minimum absolute atomic E-state index is 0.0906. The van der Waals surface area contributed by atoms with Crippen molar-refractivity contribution in [2.45, 2.75) is 6.54 Å². The molecule has 0 aliphatic rings. The van der Waals surface area contributed by atoms with Gasteiger partial charge in [0.05, 0.1) is 11.1 Å². The first-order valence-corrected chi connectivity index (χ1v) is 7.14. The Kier molecular flexibility index (Phi) is 4.79. The first-order valence-electron chi connectivity index (χ1n) is 6.06. The van der Waals surface area contributed by atoms with Gasteiger partial charge in [0, 0.05) is 10.1 Å². The number of carboxylic acids is 1. The molecular weight excluding hydrogens is 385 g/mol. The Morgan fingerprint density at radius 3 is 2.62 bits per heavy atom. The van der Waals surface area contributed by atoms with Crippen LogP contribution in [0.5, 0.6) is 5.75 Å². The summed E-state index contributed by atoms with van der Waals surface area (Å²) in [6.45, 7) is 0.185. The quantitative estimate of drug-likeness (QED) is 0.693. The fourth-order valence-corrected chi connectivity index (χ4v) is 2.27. The fourth-order valence-electron chi connectivity index (χ4n) is 1.78. The number of aromatic carboxylic acids is 1. The summed E-state index contributed by atoms with van der Waals surface area (Å²) >= 11 is 2.05. The van der Waals surface area contributed by atoms with Crippen LogP contribution < -0.4 is 5.32 Å². The summed E-state index contributed by atoms with van der Waals surface area (Å²) in [5.41, 5.74) is 1.03. The van der Waals surface area contributed by atoms with Crippen molar-refractivity contribution in [2.75, 3.05) is 0 Å². The fraction of sp³-hybridized carbons (Fsp3) is 0.0667. The molecule has 0 atom stereocenters. The lowest BCUT2D eigenvalue weighted by Gasteiger charge is -2.08. The van der Waals surface area contributed by atoms with Crippen molar-refractivity contribution in [3.63, 3.8) is 0 Å². The molecule has 0 bridgehead atoms. The highest BCUT2D eigenvalue weighted by molar-refractivity contribution is 14.1. The number of hydrogen-bond acceptors (Lipinski definition) is 3. The summed E-state index contributed by atoms with van der Waals surface area (Å²) in [6.07, 6.45) is 0. The first kappa shape index (κ1) is 15.3. The van der Waals surface area contributed by atoms with Crippen LogP contribution in [0.15, 0.2) is 42.5 Å². The van der Waals surface area contributed by atoms with Crippen molar-refractivity contribution in [1.29, 1.82) is 0 Å². The van der Waals surface area contributed by atoms with E-state index >= 15 is 0 Å². The van der Waals surface area contributed by atoms with Gasteiger partial charge in [0.2, 0.25) is 0 Å². The number of carbonyl (C=O) groups is 2. The van der Waals surface area contributed by atoms with Crippen molar-refractivity contribution in [3.8, 4) is 5.75 Å². The Hall–Kier alpha value is -2.09. The minimum Gasteiger partial charge on any atom is -0.507 e. The molecule has 0 radical (unpaired) electrons. The number of aromatic hydroxyl groups is 1. The molecule has 6 heteroatoms. The second-order valence-electron chi connectivity index (χ2n) is 4.35. The summed E-state index contributed by atoms with van der Waals surface area (Å²) in [7, 11) is 0. The molecule has 3 N–H and O–H groups in total. The predicted octanol–water partition coefficient (Wildman–Crippen LogP) is 2.63. The minimum atomic E-state index is -1.02. The standard InChI is InChI=1S/C15H12INO4/c16-11-4-5-13(18)12(7-11)14(19)17-8-9-2-1-3-10(6-9)15(20)21/h1-7,18H,8H2,(H,17,19)(H,20,21). The second kappa shape index (κ2) is 6.57. The maximum atomic E-state index is 12.0. The van der Waals surface area contributed by atoms with Gasteiger partial charge in [0.25, 0.3) is 5.91 Å². The van der Waals surface area contributed by atoms with E-state index in [9.17, 15) is 14.7 Å². The summed E-state index contributed by atoms with van der Waals surface area (Å²) in [4.78, 5) is 22.9. The second-order valence-corrected chi connectivity index (χ2v) is 5.60. The molecule has 0 aromatic heterocycles. The zero-order valence-corrected chi connectivity index (χ0v) is 13.0. The number of benzene rings is 2. The van der Waals surface area contributed by atoms with Crippen molar-refractivity contribution in [2.24, 2.45) is 0 Å². The van der Waals surface area contributed by atoms with Crippen LogP contribution >= 0.6 is 22.6 Å². The molecular formula is C15H12INO4. The van der Waals surface area contributed by atoms with E-state index in [4.69, 9.17) is 5.11 Å². The maximum Gasteiger partial charge on any atom is 0.335 e. The molecule has 2 aromatic rings. The summed E-state index contributed by atoms with van der Waals surface area (Å²) in [6, 6.07) is 11.1. The van der Waals surface area contributed by atoms with Crippen LogP contribution in [0.1, 0.15) is 26.3 Å². The van der Waals surface area contributed by atoms with Crippen LogP contribution in [0.4, 0.5) is 0 Å².